The molecule has 0 aromatic heterocycles. The predicted molar refractivity (Wildman–Crippen MR) is 143 cm³/mol. The van der Waals surface area contributed by atoms with Crippen molar-refractivity contribution in [2.45, 2.75) is 0 Å². The minimum Gasteiger partial charge on any atom is -0.491 e. The van der Waals surface area contributed by atoms with E-state index >= 15 is 0 Å². The van der Waals surface area contributed by atoms with E-state index < -0.39 is 5.97 Å². The maximum atomic E-state index is 11.5. The summed E-state index contributed by atoms with van der Waals surface area (Å²) in [5, 5.41) is 11.5. The number of rotatable bonds is 1. The topological polar surface area (TPSA) is 111 Å². The number of hydrogen-bond donors (Lipinski definition) is 1. The van der Waals surface area contributed by atoms with Crippen LogP contribution in [0.2, 0.25) is 0 Å². The fourth-order valence-electron chi connectivity index (χ4n) is 3.79. The van der Waals surface area contributed by atoms with Gasteiger partial charge in [0.05, 0.1) is 58.4 Å². The molecule has 2 bridgehead atoms. The second-order valence-electron chi connectivity index (χ2n) is 8.49. The summed E-state index contributed by atoms with van der Waals surface area (Å²) in [6.07, 6.45) is 0. The minimum atomic E-state index is -1.07. The Morgan fingerprint density at radius 2 is 0.897 bits per heavy atom. The van der Waals surface area contributed by atoms with E-state index in [2.05, 4.69) is 0 Å². The number of benzene rings is 3. The summed E-state index contributed by atoms with van der Waals surface area (Å²) < 4.78 is 45.6. The lowest BCUT2D eigenvalue weighted by Crippen LogP contribution is -2.14. The lowest BCUT2D eigenvalue weighted by Gasteiger charge is -2.15. The van der Waals surface area contributed by atoms with E-state index in [1.54, 1.807) is 6.07 Å². The van der Waals surface area contributed by atoms with E-state index in [4.69, 9.17) is 37.9 Å². The van der Waals surface area contributed by atoms with Crippen LogP contribution in [0, 0.1) is 0 Å². The van der Waals surface area contributed by atoms with E-state index in [9.17, 15) is 9.90 Å². The lowest BCUT2D eigenvalue weighted by atomic mass is 10.1. The van der Waals surface area contributed by atoms with Crippen LogP contribution in [0.4, 0.5) is 0 Å². The van der Waals surface area contributed by atoms with Crippen LogP contribution >= 0.6 is 0 Å². The molecule has 3 aromatic carbocycles. The second-order valence-corrected chi connectivity index (χ2v) is 8.49. The first-order valence-corrected chi connectivity index (χ1v) is 12.9. The fraction of sp³-hybridized carbons (Fsp3) is 0.414. The Morgan fingerprint density at radius 1 is 0.513 bits per heavy atom. The molecule has 1 heterocycles. The standard InChI is InChI=1S/C29H34O10/c30-29(31)24-17-25-21-26(18-24)37-14-10-33-6-8-35-12-16-39-28-20-23-4-2-1-3-22(23)19-27(28)38-15-11-34-7-5-32-9-13-36-25/h1-4,17-21H,5-16H2,(H,30,31). The summed E-state index contributed by atoms with van der Waals surface area (Å²) in [6, 6.07) is 16.5. The van der Waals surface area contributed by atoms with Crippen LogP contribution < -0.4 is 18.9 Å². The number of aromatic carboxylic acids is 1. The van der Waals surface area contributed by atoms with E-state index in [-0.39, 0.29) is 18.8 Å². The summed E-state index contributed by atoms with van der Waals surface area (Å²) in [4.78, 5) is 11.5. The van der Waals surface area contributed by atoms with Crippen LogP contribution in [0.15, 0.2) is 54.6 Å². The molecule has 1 N–H and O–H groups in total. The monoisotopic (exact) mass is 542 g/mol. The van der Waals surface area contributed by atoms with Crippen molar-refractivity contribution in [3.63, 3.8) is 0 Å². The van der Waals surface area contributed by atoms with Crippen LogP contribution in [0.5, 0.6) is 23.0 Å². The smallest absolute Gasteiger partial charge is 0.335 e. The molecule has 0 saturated heterocycles. The van der Waals surface area contributed by atoms with Crippen molar-refractivity contribution < 1.29 is 47.8 Å². The Labute approximate surface area is 227 Å². The van der Waals surface area contributed by atoms with E-state index in [0.29, 0.717) is 89.1 Å². The van der Waals surface area contributed by atoms with Crippen LogP contribution in [0.3, 0.4) is 0 Å². The molecule has 4 rings (SSSR count). The van der Waals surface area contributed by atoms with Crippen molar-refractivity contribution in [2.24, 2.45) is 0 Å². The fourth-order valence-corrected chi connectivity index (χ4v) is 3.79. The molecule has 10 nitrogen and oxygen atoms in total. The average molecular weight is 543 g/mol. The number of ether oxygens (including phenoxy) is 8. The molecule has 0 amide bonds. The first-order valence-electron chi connectivity index (χ1n) is 12.9. The highest BCUT2D eigenvalue weighted by Gasteiger charge is 2.10. The quantitative estimate of drug-likeness (QED) is 0.487. The second kappa shape index (κ2) is 15.7. The van der Waals surface area contributed by atoms with Crippen molar-refractivity contribution >= 4 is 16.7 Å². The van der Waals surface area contributed by atoms with Crippen LogP contribution in [-0.2, 0) is 18.9 Å². The van der Waals surface area contributed by atoms with Gasteiger partial charge in [0, 0.05) is 6.07 Å². The van der Waals surface area contributed by atoms with Gasteiger partial charge in [0.2, 0.25) is 0 Å². The molecule has 0 aliphatic carbocycles. The third kappa shape index (κ3) is 9.60. The maximum absolute atomic E-state index is 11.5. The summed E-state index contributed by atoms with van der Waals surface area (Å²) >= 11 is 0. The van der Waals surface area contributed by atoms with Gasteiger partial charge in [-0.3, -0.25) is 0 Å². The van der Waals surface area contributed by atoms with Gasteiger partial charge in [-0.15, -0.1) is 0 Å². The van der Waals surface area contributed by atoms with Gasteiger partial charge >= 0.3 is 5.97 Å². The molecule has 1 aliphatic heterocycles. The van der Waals surface area contributed by atoms with Crippen LogP contribution in [-0.4, -0.2) is 90.4 Å². The highest BCUT2D eigenvalue weighted by Crippen LogP contribution is 2.32. The number of fused-ring (bicyclic) bond motifs is 4. The Balaban J connectivity index is 1.32. The molecule has 0 atom stereocenters. The Bertz CT molecular complexity index is 1100. The molecule has 0 unspecified atom stereocenters. The zero-order valence-corrected chi connectivity index (χ0v) is 21.8. The van der Waals surface area contributed by atoms with E-state index in [1.807, 2.05) is 36.4 Å². The Hall–Kier alpha value is -3.57. The molecule has 0 fully saturated rings. The molecule has 210 valence electrons. The molecule has 10 heteroatoms. The lowest BCUT2D eigenvalue weighted by molar-refractivity contribution is 0.0254. The number of carboxylic acid groups (broad SMARTS) is 1. The molecule has 39 heavy (non-hydrogen) atoms. The average Bonchev–Trinajstić information content (AvgIpc) is 2.94. The summed E-state index contributed by atoms with van der Waals surface area (Å²) in [6.45, 7) is 4.20. The summed E-state index contributed by atoms with van der Waals surface area (Å²) in [7, 11) is 0. The van der Waals surface area contributed by atoms with Crippen LogP contribution in [0.25, 0.3) is 10.8 Å². The third-order valence-corrected chi connectivity index (χ3v) is 5.65. The van der Waals surface area contributed by atoms with Gasteiger partial charge in [-0.05, 0) is 35.0 Å². The number of carbonyl (C=O) groups is 1. The van der Waals surface area contributed by atoms with Crippen molar-refractivity contribution in [3.8, 4) is 23.0 Å². The number of hydrogen-bond acceptors (Lipinski definition) is 9. The largest absolute Gasteiger partial charge is 0.491 e. The van der Waals surface area contributed by atoms with Gasteiger partial charge in [0.25, 0.3) is 0 Å². The molecule has 0 radical (unpaired) electrons. The van der Waals surface area contributed by atoms with E-state index in [0.717, 1.165) is 10.8 Å². The Kier molecular flexibility index (Phi) is 11.5. The van der Waals surface area contributed by atoms with Crippen molar-refractivity contribution in [2.75, 3.05) is 79.3 Å². The van der Waals surface area contributed by atoms with Crippen LogP contribution in [0.1, 0.15) is 10.4 Å². The molecular formula is C29H34O10. The van der Waals surface area contributed by atoms with Gasteiger partial charge in [-0.2, -0.15) is 0 Å². The SMILES string of the molecule is O=C(O)c1cc2cc(c1)OCCOCCOCCOc1cc3ccccc3cc1OCCOCCOCCO2. The molecule has 0 saturated carbocycles. The highest BCUT2D eigenvalue weighted by atomic mass is 16.6. The first-order chi connectivity index (χ1) is 19.2. The summed E-state index contributed by atoms with van der Waals surface area (Å²) in [5.74, 6) is 0.998. The zero-order valence-electron chi connectivity index (χ0n) is 21.8. The molecule has 1 aliphatic rings. The molecule has 3 aromatic rings. The third-order valence-electron chi connectivity index (χ3n) is 5.65. The Morgan fingerprint density at radius 3 is 1.31 bits per heavy atom. The maximum Gasteiger partial charge on any atom is 0.335 e. The predicted octanol–water partition coefficient (Wildman–Crippen LogP) is 3.83. The van der Waals surface area contributed by atoms with Gasteiger partial charge in [0.1, 0.15) is 37.9 Å². The van der Waals surface area contributed by atoms with Crippen molar-refractivity contribution in [1.29, 1.82) is 0 Å². The minimum absolute atomic E-state index is 0.0724. The molecule has 0 spiro atoms. The van der Waals surface area contributed by atoms with Gasteiger partial charge in [0.15, 0.2) is 11.5 Å². The van der Waals surface area contributed by atoms with Crippen molar-refractivity contribution in [3.05, 3.63) is 60.2 Å². The normalized spacial score (nSPS) is 17.1. The first kappa shape index (κ1) is 28.4. The molecular weight excluding hydrogens is 508 g/mol. The summed E-state index contributed by atoms with van der Waals surface area (Å²) in [5.41, 5.74) is 0.0724. The van der Waals surface area contributed by atoms with Gasteiger partial charge in [-0.25, -0.2) is 4.79 Å². The highest BCUT2D eigenvalue weighted by molar-refractivity contribution is 5.88. The number of carboxylic acids is 1. The zero-order chi connectivity index (χ0) is 27.1. The van der Waals surface area contributed by atoms with E-state index in [1.165, 1.54) is 12.1 Å². The van der Waals surface area contributed by atoms with Gasteiger partial charge < -0.3 is 43.0 Å². The van der Waals surface area contributed by atoms with Crippen molar-refractivity contribution in [1.82, 2.24) is 0 Å². The van der Waals surface area contributed by atoms with Gasteiger partial charge in [-0.1, -0.05) is 24.3 Å².